The third-order valence-corrected chi connectivity index (χ3v) is 5.40. The van der Waals surface area contributed by atoms with E-state index in [-0.39, 0.29) is 11.7 Å². The second-order valence-corrected chi connectivity index (χ2v) is 7.25. The fourth-order valence-corrected chi connectivity index (χ4v) is 3.79. The first-order chi connectivity index (χ1) is 13.1. The summed E-state index contributed by atoms with van der Waals surface area (Å²) in [6.07, 6.45) is 0. The van der Waals surface area contributed by atoms with E-state index in [0.717, 1.165) is 23.1 Å². The SMILES string of the molecule is Cc1nsnc1COc1ccc(C(=O)Nc2nc3ccc(F)cc3s2)cc1. The van der Waals surface area contributed by atoms with Crippen LogP contribution in [0.15, 0.2) is 42.5 Å². The van der Waals surface area contributed by atoms with Crippen LogP contribution < -0.4 is 10.1 Å². The number of nitrogens with zero attached hydrogens (tertiary/aromatic N) is 3. The van der Waals surface area contributed by atoms with Crippen molar-refractivity contribution in [2.75, 3.05) is 5.32 Å². The average molecular weight is 400 g/mol. The van der Waals surface area contributed by atoms with E-state index in [1.165, 1.54) is 23.5 Å². The first-order valence-electron chi connectivity index (χ1n) is 7.97. The molecule has 0 unspecified atom stereocenters. The molecule has 9 heteroatoms. The van der Waals surface area contributed by atoms with Crippen LogP contribution in [-0.4, -0.2) is 19.6 Å². The number of halogens is 1. The molecule has 0 aliphatic rings. The van der Waals surface area contributed by atoms with Gasteiger partial charge in [-0.1, -0.05) is 11.3 Å². The molecule has 2 aromatic heterocycles. The summed E-state index contributed by atoms with van der Waals surface area (Å²) < 4.78 is 27.9. The summed E-state index contributed by atoms with van der Waals surface area (Å²) in [5.41, 5.74) is 2.77. The van der Waals surface area contributed by atoms with Crippen LogP contribution >= 0.6 is 23.1 Å². The summed E-state index contributed by atoms with van der Waals surface area (Å²) in [7, 11) is 0. The summed E-state index contributed by atoms with van der Waals surface area (Å²) in [5.74, 6) is 0.0123. The molecule has 0 fully saturated rings. The van der Waals surface area contributed by atoms with Crippen LogP contribution in [0.2, 0.25) is 0 Å². The van der Waals surface area contributed by atoms with E-state index in [2.05, 4.69) is 19.0 Å². The Hall–Kier alpha value is -2.91. The average Bonchev–Trinajstić information content (AvgIpc) is 3.25. The van der Waals surface area contributed by atoms with Gasteiger partial charge in [0.1, 0.15) is 23.9 Å². The van der Waals surface area contributed by atoms with Crippen LogP contribution in [-0.2, 0) is 6.61 Å². The van der Waals surface area contributed by atoms with Gasteiger partial charge in [-0.25, -0.2) is 9.37 Å². The van der Waals surface area contributed by atoms with Gasteiger partial charge in [-0.15, -0.1) is 0 Å². The van der Waals surface area contributed by atoms with Gasteiger partial charge in [-0.2, -0.15) is 8.75 Å². The molecular weight excluding hydrogens is 387 g/mol. The molecule has 2 heterocycles. The highest BCUT2D eigenvalue weighted by atomic mass is 32.1. The van der Waals surface area contributed by atoms with E-state index in [1.54, 1.807) is 30.3 Å². The molecule has 27 heavy (non-hydrogen) atoms. The molecule has 0 aliphatic heterocycles. The van der Waals surface area contributed by atoms with Gasteiger partial charge >= 0.3 is 0 Å². The summed E-state index contributed by atoms with van der Waals surface area (Å²) in [6, 6.07) is 11.1. The third-order valence-electron chi connectivity index (χ3n) is 3.81. The van der Waals surface area contributed by atoms with Gasteiger partial charge in [0.05, 0.1) is 27.6 Å². The molecule has 0 saturated carbocycles. The van der Waals surface area contributed by atoms with Crippen molar-refractivity contribution < 1.29 is 13.9 Å². The van der Waals surface area contributed by atoms with Gasteiger partial charge in [-0.3, -0.25) is 10.1 Å². The molecule has 6 nitrogen and oxygen atoms in total. The molecular formula is C18H13FN4O2S2. The zero-order valence-electron chi connectivity index (χ0n) is 14.1. The number of hydrogen-bond donors (Lipinski definition) is 1. The third kappa shape index (κ3) is 3.93. The Morgan fingerprint density at radius 1 is 1.19 bits per heavy atom. The lowest BCUT2D eigenvalue weighted by atomic mass is 10.2. The van der Waals surface area contributed by atoms with Crippen LogP contribution in [0, 0.1) is 12.7 Å². The maximum atomic E-state index is 13.3. The molecule has 1 N–H and O–H groups in total. The number of anilines is 1. The summed E-state index contributed by atoms with van der Waals surface area (Å²) in [5, 5.41) is 3.16. The maximum Gasteiger partial charge on any atom is 0.257 e. The second-order valence-electron chi connectivity index (χ2n) is 5.69. The highest BCUT2D eigenvalue weighted by Crippen LogP contribution is 2.27. The quantitative estimate of drug-likeness (QED) is 0.536. The molecule has 0 atom stereocenters. The summed E-state index contributed by atoms with van der Waals surface area (Å²) in [4.78, 5) is 16.7. The number of carbonyl (C=O) groups is 1. The zero-order valence-corrected chi connectivity index (χ0v) is 15.7. The molecule has 1 amide bonds. The lowest BCUT2D eigenvalue weighted by molar-refractivity contribution is 0.102. The minimum Gasteiger partial charge on any atom is -0.487 e. The monoisotopic (exact) mass is 400 g/mol. The van der Waals surface area contributed by atoms with Gasteiger partial charge < -0.3 is 4.74 Å². The Morgan fingerprint density at radius 2 is 2.00 bits per heavy atom. The number of nitrogens with one attached hydrogen (secondary N) is 1. The number of fused-ring (bicyclic) bond motifs is 1. The molecule has 0 radical (unpaired) electrons. The first kappa shape index (κ1) is 17.5. The van der Waals surface area contributed by atoms with Gasteiger partial charge in [0.15, 0.2) is 5.13 Å². The van der Waals surface area contributed by atoms with Crippen LogP contribution in [0.5, 0.6) is 5.75 Å². The molecule has 0 aliphatic carbocycles. The molecule has 4 rings (SSSR count). The van der Waals surface area contributed by atoms with Crippen molar-refractivity contribution in [3.8, 4) is 5.75 Å². The van der Waals surface area contributed by atoms with Crippen molar-refractivity contribution >= 4 is 44.3 Å². The normalized spacial score (nSPS) is 10.9. The Morgan fingerprint density at radius 3 is 2.74 bits per heavy atom. The van der Waals surface area contributed by atoms with Crippen molar-refractivity contribution in [3.05, 3.63) is 65.2 Å². The zero-order chi connectivity index (χ0) is 18.8. The predicted molar refractivity (Wildman–Crippen MR) is 103 cm³/mol. The van der Waals surface area contributed by atoms with Crippen LogP contribution in [0.25, 0.3) is 10.2 Å². The number of rotatable bonds is 5. The largest absolute Gasteiger partial charge is 0.487 e. The molecule has 0 spiro atoms. The number of ether oxygens (including phenoxy) is 1. The first-order valence-corrected chi connectivity index (χ1v) is 9.51. The fraction of sp³-hybridized carbons (Fsp3) is 0.111. The molecule has 0 bridgehead atoms. The Bertz CT molecular complexity index is 1110. The number of aryl methyl sites for hydroxylation is 1. The number of amides is 1. The predicted octanol–water partition coefficient (Wildman–Crippen LogP) is 4.43. The number of thiazole rings is 1. The van der Waals surface area contributed by atoms with Gasteiger partial charge in [0, 0.05) is 5.56 Å². The summed E-state index contributed by atoms with van der Waals surface area (Å²) >= 11 is 2.38. The molecule has 2 aromatic carbocycles. The lowest BCUT2D eigenvalue weighted by Crippen LogP contribution is -2.11. The smallest absolute Gasteiger partial charge is 0.257 e. The molecule has 4 aromatic rings. The van der Waals surface area contributed by atoms with E-state index >= 15 is 0 Å². The van der Waals surface area contributed by atoms with E-state index in [0.29, 0.717) is 33.3 Å². The highest BCUT2D eigenvalue weighted by molar-refractivity contribution is 7.22. The van der Waals surface area contributed by atoms with Crippen molar-refractivity contribution in [3.63, 3.8) is 0 Å². The van der Waals surface area contributed by atoms with Crippen molar-refractivity contribution in [1.82, 2.24) is 13.7 Å². The Balaban J connectivity index is 1.41. The van der Waals surface area contributed by atoms with E-state index < -0.39 is 0 Å². The van der Waals surface area contributed by atoms with Gasteiger partial charge in [0.2, 0.25) is 0 Å². The molecule has 136 valence electrons. The van der Waals surface area contributed by atoms with E-state index in [1.807, 2.05) is 6.92 Å². The Labute approximate surface area is 162 Å². The second kappa shape index (κ2) is 7.37. The van der Waals surface area contributed by atoms with Gasteiger partial charge in [0.25, 0.3) is 5.91 Å². The van der Waals surface area contributed by atoms with Crippen molar-refractivity contribution in [1.29, 1.82) is 0 Å². The number of benzene rings is 2. The van der Waals surface area contributed by atoms with Crippen LogP contribution in [0.4, 0.5) is 9.52 Å². The maximum absolute atomic E-state index is 13.3. The van der Waals surface area contributed by atoms with Crippen molar-refractivity contribution in [2.24, 2.45) is 0 Å². The topological polar surface area (TPSA) is 77.0 Å². The standard InChI is InChI=1S/C18H13FN4O2S2/c1-10-15(23-27-22-10)9-25-13-5-2-11(3-6-13)17(24)21-18-20-14-7-4-12(19)8-16(14)26-18/h2-8H,9H2,1H3,(H,20,21,24). The van der Waals surface area contributed by atoms with Crippen LogP contribution in [0.1, 0.15) is 21.7 Å². The summed E-state index contributed by atoms with van der Waals surface area (Å²) in [6.45, 7) is 2.21. The van der Waals surface area contributed by atoms with E-state index in [4.69, 9.17) is 4.74 Å². The number of carbonyl (C=O) groups excluding carboxylic acids is 1. The minimum atomic E-state index is -0.330. The van der Waals surface area contributed by atoms with E-state index in [9.17, 15) is 9.18 Å². The van der Waals surface area contributed by atoms with Gasteiger partial charge in [-0.05, 0) is 49.4 Å². The lowest BCUT2D eigenvalue weighted by Gasteiger charge is -2.06. The number of hydrogen-bond acceptors (Lipinski definition) is 7. The Kier molecular flexibility index (Phi) is 4.78. The highest BCUT2D eigenvalue weighted by Gasteiger charge is 2.11. The fourth-order valence-electron chi connectivity index (χ4n) is 2.36. The van der Waals surface area contributed by atoms with Crippen LogP contribution in [0.3, 0.4) is 0 Å². The minimum absolute atomic E-state index is 0.291. The number of aromatic nitrogens is 3. The van der Waals surface area contributed by atoms with Crippen molar-refractivity contribution in [2.45, 2.75) is 13.5 Å². The molecule has 0 saturated heterocycles.